The van der Waals surface area contributed by atoms with E-state index in [-0.39, 0.29) is 10.2 Å². The van der Waals surface area contributed by atoms with E-state index in [2.05, 4.69) is 33.5 Å². The van der Waals surface area contributed by atoms with Crippen LogP contribution in [-0.4, -0.2) is 27.9 Å². The first-order chi connectivity index (χ1) is 15.7. The van der Waals surface area contributed by atoms with Crippen LogP contribution in [0.5, 0.6) is 0 Å². The highest BCUT2D eigenvalue weighted by atomic mass is 32.2. The molecule has 0 fully saturated rings. The molecule has 10 heteroatoms. The number of nitrogens with zero attached hydrogens (tertiary/aromatic N) is 4. The summed E-state index contributed by atoms with van der Waals surface area (Å²) >= 11 is 1.18. The SMILES string of the molecule is Cc1nccn1Cc1ccc(-c2cc(CC(C)C)sc2S(=O)(=O)Nc2ncccn2)cc1F. The van der Waals surface area contributed by atoms with Gasteiger partial charge in [0, 0.05) is 40.8 Å². The second-order valence-electron chi connectivity index (χ2n) is 8.10. The first kappa shape index (κ1) is 23.1. The molecule has 3 aromatic heterocycles. The van der Waals surface area contributed by atoms with E-state index in [0.29, 0.717) is 29.2 Å². The number of benzene rings is 1. The molecule has 0 aliphatic carbocycles. The first-order valence-electron chi connectivity index (χ1n) is 10.4. The van der Waals surface area contributed by atoms with Crippen LogP contribution in [0.1, 0.15) is 30.1 Å². The molecule has 0 saturated heterocycles. The third kappa shape index (κ3) is 5.28. The zero-order valence-electron chi connectivity index (χ0n) is 18.5. The molecular formula is C23H24FN5O2S2. The van der Waals surface area contributed by atoms with Gasteiger partial charge in [0.15, 0.2) is 0 Å². The number of anilines is 1. The van der Waals surface area contributed by atoms with Gasteiger partial charge >= 0.3 is 0 Å². The summed E-state index contributed by atoms with van der Waals surface area (Å²) in [4.78, 5) is 13.0. The molecule has 0 aliphatic rings. The number of aromatic nitrogens is 4. The molecule has 0 unspecified atom stereocenters. The molecule has 0 spiro atoms. The normalized spacial score (nSPS) is 11.8. The van der Waals surface area contributed by atoms with Gasteiger partial charge in [0.1, 0.15) is 15.9 Å². The molecule has 3 heterocycles. The Bertz CT molecular complexity index is 1360. The molecule has 1 N–H and O–H groups in total. The molecule has 7 nitrogen and oxygen atoms in total. The van der Waals surface area contributed by atoms with Gasteiger partial charge < -0.3 is 4.57 Å². The van der Waals surface area contributed by atoms with Gasteiger partial charge in [0.05, 0.1) is 6.54 Å². The minimum Gasteiger partial charge on any atom is -0.331 e. The molecule has 0 aliphatic heterocycles. The largest absolute Gasteiger partial charge is 0.331 e. The van der Waals surface area contributed by atoms with Crippen molar-refractivity contribution in [3.8, 4) is 11.1 Å². The third-order valence-corrected chi connectivity index (χ3v) is 8.04. The average Bonchev–Trinajstić information content (AvgIpc) is 3.36. The van der Waals surface area contributed by atoms with Gasteiger partial charge in [0.25, 0.3) is 10.0 Å². The molecule has 0 radical (unpaired) electrons. The highest BCUT2D eigenvalue weighted by Gasteiger charge is 2.25. The second-order valence-corrected chi connectivity index (χ2v) is 11.1. The van der Waals surface area contributed by atoms with Gasteiger partial charge in [-0.3, -0.25) is 0 Å². The number of aryl methyl sites for hydroxylation is 1. The van der Waals surface area contributed by atoms with Crippen LogP contribution >= 0.6 is 11.3 Å². The Balaban J connectivity index is 1.72. The van der Waals surface area contributed by atoms with Crippen LogP contribution in [0.4, 0.5) is 10.3 Å². The fourth-order valence-corrected chi connectivity index (χ4v) is 6.35. The first-order valence-corrected chi connectivity index (χ1v) is 12.7. The molecule has 4 aromatic rings. The Kier molecular flexibility index (Phi) is 6.57. The second kappa shape index (κ2) is 9.40. The monoisotopic (exact) mass is 485 g/mol. The van der Waals surface area contributed by atoms with Crippen molar-refractivity contribution in [3.63, 3.8) is 0 Å². The highest BCUT2D eigenvalue weighted by molar-refractivity contribution is 7.94. The van der Waals surface area contributed by atoms with E-state index in [4.69, 9.17) is 0 Å². The molecule has 172 valence electrons. The van der Waals surface area contributed by atoms with Gasteiger partial charge in [-0.25, -0.2) is 32.5 Å². The van der Waals surface area contributed by atoms with Crippen molar-refractivity contribution in [2.24, 2.45) is 5.92 Å². The molecule has 0 amide bonds. The van der Waals surface area contributed by atoms with Crippen LogP contribution in [0.3, 0.4) is 0 Å². The molecule has 0 saturated carbocycles. The number of thiophene rings is 1. The van der Waals surface area contributed by atoms with Crippen molar-refractivity contribution in [2.75, 3.05) is 4.72 Å². The van der Waals surface area contributed by atoms with Crippen molar-refractivity contribution < 1.29 is 12.8 Å². The Hall–Kier alpha value is -3.11. The van der Waals surface area contributed by atoms with E-state index < -0.39 is 15.8 Å². The minimum atomic E-state index is -3.97. The summed E-state index contributed by atoms with van der Waals surface area (Å²) in [5.41, 5.74) is 1.46. The molecule has 0 bridgehead atoms. The van der Waals surface area contributed by atoms with Crippen LogP contribution in [0.2, 0.25) is 0 Å². The quantitative estimate of drug-likeness (QED) is 0.384. The van der Waals surface area contributed by atoms with E-state index in [1.165, 1.54) is 29.8 Å². The summed E-state index contributed by atoms with van der Waals surface area (Å²) in [7, 11) is -3.97. The van der Waals surface area contributed by atoms with Crippen LogP contribution in [0, 0.1) is 18.7 Å². The Morgan fingerprint density at radius 3 is 2.52 bits per heavy atom. The number of hydrogen-bond donors (Lipinski definition) is 1. The van der Waals surface area contributed by atoms with E-state index in [0.717, 1.165) is 17.1 Å². The number of rotatable bonds is 8. The van der Waals surface area contributed by atoms with Crippen molar-refractivity contribution in [1.29, 1.82) is 0 Å². The number of nitrogens with one attached hydrogen (secondary N) is 1. The predicted octanol–water partition coefficient (Wildman–Crippen LogP) is 4.90. The summed E-state index contributed by atoms with van der Waals surface area (Å²) in [6.07, 6.45) is 7.10. The number of sulfonamides is 1. The Labute approximate surface area is 196 Å². The molecule has 1 aromatic carbocycles. The summed E-state index contributed by atoms with van der Waals surface area (Å²) in [6.45, 7) is 6.33. The maximum atomic E-state index is 15.0. The van der Waals surface area contributed by atoms with Crippen molar-refractivity contribution in [3.05, 3.63) is 77.2 Å². The standard InChI is InChI=1S/C23H24FN5O2S2/c1-15(2)11-19-13-20(22(32-19)33(30,31)28-23-26-7-4-8-27-23)17-5-6-18(21(24)12-17)14-29-10-9-25-16(29)3/h4-10,12-13,15H,11,14H2,1-3H3,(H,26,27,28). The number of hydrogen-bond acceptors (Lipinski definition) is 6. The lowest BCUT2D eigenvalue weighted by molar-refractivity contribution is 0.597. The van der Waals surface area contributed by atoms with Crippen molar-refractivity contribution >= 4 is 27.3 Å². The lowest BCUT2D eigenvalue weighted by atomic mass is 10.0. The summed E-state index contributed by atoms with van der Waals surface area (Å²) in [5, 5.41) is 0. The molecule has 33 heavy (non-hydrogen) atoms. The Morgan fingerprint density at radius 1 is 1.12 bits per heavy atom. The van der Waals surface area contributed by atoms with E-state index >= 15 is 4.39 Å². The summed E-state index contributed by atoms with van der Waals surface area (Å²) in [6, 6.07) is 8.27. The smallest absolute Gasteiger partial charge is 0.274 e. The lowest BCUT2D eigenvalue weighted by Gasteiger charge is -2.10. The number of imidazole rings is 1. The third-order valence-electron chi connectivity index (χ3n) is 5.02. The fraction of sp³-hybridized carbons (Fsp3) is 0.261. The van der Waals surface area contributed by atoms with Crippen LogP contribution in [0.15, 0.2) is 59.3 Å². The summed E-state index contributed by atoms with van der Waals surface area (Å²) < 4.78 is 45.9. The molecule has 0 atom stereocenters. The van der Waals surface area contributed by atoms with Crippen LogP contribution in [-0.2, 0) is 23.0 Å². The zero-order chi connectivity index (χ0) is 23.6. The van der Waals surface area contributed by atoms with E-state index in [1.54, 1.807) is 30.6 Å². The van der Waals surface area contributed by atoms with E-state index in [9.17, 15) is 8.42 Å². The van der Waals surface area contributed by atoms with Gasteiger partial charge in [-0.05, 0) is 43.0 Å². The summed E-state index contributed by atoms with van der Waals surface area (Å²) in [5.74, 6) is 0.714. The highest BCUT2D eigenvalue weighted by Crippen LogP contribution is 2.37. The van der Waals surface area contributed by atoms with Gasteiger partial charge in [-0.1, -0.05) is 26.0 Å². The van der Waals surface area contributed by atoms with Crippen molar-refractivity contribution in [1.82, 2.24) is 19.5 Å². The Morgan fingerprint density at radius 2 is 1.88 bits per heavy atom. The maximum Gasteiger partial charge on any atom is 0.274 e. The van der Waals surface area contributed by atoms with Gasteiger partial charge in [-0.2, -0.15) is 0 Å². The minimum absolute atomic E-state index is 0.0144. The van der Waals surface area contributed by atoms with Crippen LogP contribution < -0.4 is 4.72 Å². The van der Waals surface area contributed by atoms with Gasteiger partial charge in [0.2, 0.25) is 5.95 Å². The maximum absolute atomic E-state index is 15.0. The number of halogens is 1. The van der Waals surface area contributed by atoms with Crippen LogP contribution in [0.25, 0.3) is 11.1 Å². The zero-order valence-corrected chi connectivity index (χ0v) is 20.1. The van der Waals surface area contributed by atoms with Gasteiger partial charge in [-0.15, -0.1) is 11.3 Å². The van der Waals surface area contributed by atoms with E-state index in [1.807, 2.05) is 17.6 Å². The topological polar surface area (TPSA) is 89.8 Å². The fourth-order valence-electron chi connectivity index (χ4n) is 3.44. The van der Waals surface area contributed by atoms with Crippen molar-refractivity contribution in [2.45, 2.75) is 37.9 Å². The predicted molar refractivity (Wildman–Crippen MR) is 127 cm³/mol. The molecular weight excluding hydrogens is 461 g/mol. The molecule has 4 rings (SSSR count). The average molecular weight is 486 g/mol. The lowest BCUT2D eigenvalue weighted by Crippen LogP contribution is -2.14.